The van der Waals surface area contributed by atoms with Gasteiger partial charge in [0.25, 0.3) is 0 Å². The van der Waals surface area contributed by atoms with Crippen molar-refractivity contribution >= 4 is 7.25 Å². The van der Waals surface area contributed by atoms with Gasteiger partial charge in [0, 0.05) is 25.4 Å². The number of quaternary nitrogens is 1. The van der Waals surface area contributed by atoms with Gasteiger partial charge >= 0.3 is 7.25 Å². The van der Waals surface area contributed by atoms with Crippen LogP contribution in [0.25, 0.3) is 0 Å². The Bertz CT molecular complexity index is 1100. The Morgan fingerprint density at radius 3 is 2.31 bits per heavy atom. The Labute approximate surface area is 267 Å². The Morgan fingerprint density at radius 2 is 1.53 bits per heavy atom. The molecule has 9 atom stereocenters. The molecule has 0 radical (unpaired) electrons. The molecule has 6 aliphatic heterocycles. The number of nitrogens with zero attached hydrogens (tertiary/aromatic N) is 2. The fraction of sp³-hybridized carbons (Fsp3) is 0.771. The molecule has 6 bridgehead atoms. The molecule has 7 aliphatic rings. The van der Waals surface area contributed by atoms with Crippen LogP contribution in [0.5, 0.6) is 0 Å². The summed E-state index contributed by atoms with van der Waals surface area (Å²) in [7, 11) is -4.04. The first-order valence-corrected chi connectivity index (χ1v) is 17.6. The van der Waals surface area contributed by atoms with Crippen LogP contribution in [0.2, 0.25) is 0 Å². The van der Waals surface area contributed by atoms with Crippen molar-refractivity contribution in [3.8, 4) is 0 Å². The highest BCUT2D eigenvalue weighted by molar-refractivity contribution is 6.50. The predicted octanol–water partition coefficient (Wildman–Crippen LogP) is 7.19. The van der Waals surface area contributed by atoms with E-state index in [-0.39, 0.29) is 23.2 Å². The van der Waals surface area contributed by atoms with Crippen LogP contribution in [-0.4, -0.2) is 90.2 Å². The number of halogens is 4. The average Bonchev–Trinajstić information content (AvgIpc) is 3.28. The molecule has 0 aromatic heterocycles. The van der Waals surface area contributed by atoms with Gasteiger partial charge in [0.15, 0.2) is 5.54 Å². The summed E-state index contributed by atoms with van der Waals surface area (Å²) in [6.07, 6.45) is 32.5. The van der Waals surface area contributed by atoms with E-state index in [1.807, 2.05) is 25.3 Å². The number of piperidine rings is 2. The lowest BCUT2D eigenvalue weighted by molar-refractivity contribution is -1.00. The lowest BCUT2D eigenvalue weighted by Gasteiger charge is -2.58. The number of aliphatic hydroxyl groups excluding tert-OH is 2. The Morgan fingerprint density at radius 1 is 0.844 bits per heavy atom. The number of aliphatic hydroxyl groups is 2. The van der Waals surface area contributed by atoms with E-state index in [9.17, 15) is 27.5 Å². The maximum atomic E-state index is 12.6. The molecule has 3 spiro atoms. The molecule has 10 heteroatoms. The number of allylic oxidation sites excluding steroid dienone is 7. The second-order valence-electron chi connectivity index (χ2n) is 14.5. The molecule has 4 saturated heterocycles. The molecule has 1 aliphatic carbocycles. The van der Waals surface area contributed by atoms with Gasteiger partial charge in [-0.25, -0.2) is 0 Å². The van der Waals surface area contributed by atoms with Gasteiger partial charge in [-0.2, -0.15) is 0 Å². The second-order valence-corrected chi connectivity index (χ2v) is 14.5. The predicted molar refractivity (Wildman–Crippen MR) is 172 cm³/mol. The van der Waals surface area contributed by atoms with Crippen molar-refractivity contribution in [2.45, 2.75) is 120 Å². The summed E-state index contributed by atoms with van der Waals surface area (Å²) in [6.45, 7) is 4.35. The smallest absolute Gasteiger partial charge is 0.418 e. The topological polar surface area (TPSA) is 52.9 Å². The van der Waals surface area contributed by atoms with Crippen LogP contribution >= 0.6 is 0 Å². The van der Waals surface area contributed by atoms with Crippen LogP contribution in [0, 0.1) is 17.3 Å². The molecule has 0 amide bonds. The molecule has 1 saturated carbocycles. The number of hydrogen-bond acceptors (Lipinski definition) is 4. The van der Waals surface area contributed by atoms with Crippen LogP contribution in [0.3, 0.4) is 0 Å². The highest BCUT2D eigenvalue weighted by Gasteiger charge is 2.89. The second kappa shape index (κ2) is 14.8. The Kier molecular flexibility index (Phi) is 11.4. The van der Waals surface area contributed by atoms with E-state index in [0.29, 0.717) is 11.8 Å². The maximum absolute atomic E-state index is 12.6. The fourth-order valence-electron chi connectivity index (χ4n) is 11.2. The summed E-state index contributed by atoms with van der Waals surface area (Å²) in [5.74, 6) is 1.06. The minimum atomic E-state index is -6.00. The molecular weight excluding hydrogens is 583 g/mol. The third-order valence-corrected chi connectivity index (χ3v) is 12.1. The summed E-state index contributed by atoms with van der Waals surface area (Å²) < 4.78 is 46.6. The summed E-state index contributed by atoms with van der Waals surface area (Å²) in [4.78, 5) is 2.81. The third kappa shape index (κ3) is 6.65. The van der Waals surface area contributed by atoms with Crippen LogP contribution in [-0.2, 0) is 4.74 Å². The monoisotopic (exact) mass is 638 g/mol. The van der Waals surface area contributed by atoms with Gasteiger partial charge in [-0.05, 0) is 70.9 Å². The van der Waals surface area contributed by atoms with Gasteiger partial charge in [-0.3, -0.25) is 9.38 Å². The van der Waals surface area contributed by atoms with Crippen LogP contribution in [0.1, 0.15) is 89.9 Å². The summed E-state index contributed by atoms with van der Waals surface area (Å²) in [5.41, 5.74) is -0.342. The summed E-state index contributed by atoms with van der Waals surface area (Å²) in [5, 5.41) is 24.3. The minimum absolute atomic E-state index is 0.0404. The van der Waals surface area contributed by atoms with E-state index in [4.69, 9.17) is 4.74 Å². The number of rotatable bonds is 1. The summed E-state index contributed by atoms with van der Waals surface area (Å²) in [6, 6.07) is 0.258. The first-order chi connectivity index (χ1) is 21.6. The molecule has 254 valence electrons. The molecule has 6 heterocycles. The van der Waals surface area contributed by atoms with Gasteiger partial charge in [-0.1, -0.05) is 74.3 Å². The first-order valence-electron chi connectivity index (χ1n) is 17.6. The third-order valence-electron chi connectivity index (χ3n) is 12.1. The molecule has 0 aromatic rings. The Hall–Kier alpha value is -1.46. The van der Waals surface area contributed by atoms with Crippen molar-refractivity contribution in [3.05, 3.63) is 48.6 Å². The van der Waals surface area contributed by atoms with E-state index in [1.54, 1.807) is 0 Å². The zero-order valence-electron chi connectivity index (χ0n) is 27.1. The van der Waals surface area contributed by atoms with E-state index in [1.165, 1.54) is 57.8 Å². The van der Waals surface area contributed by atoms with Crippen molar-refractivity contribution < 1.29 is 36.7 Å². The molecule has 5 nitrogen and oxygen atoms in total. The number of ether oxygens (including phenoxy) is 1. The molecule has 45 heavy (non-hydrogen) atoms. The van der Waals surface area contributed by atoms with Crippen LogP contribution < -0.4 is 0 Å². The van der Waals surface area contributed by atoms with Gasteiger partial charge in [0.2, 0.25) is 6.23 Å². The lowest BCUT2D eigenvalue weighted by Crippen LogP contribution is -2.77. The molecule has 0 aromatic carbocycles. The van der Waals surface area contributed by atoms with E-state index in [2.05, 4.69) is 35.3 Å². The van der Waals surface area contributed by atoms with Gasteiger partial charge < -0.3 is 32.2 Å². The van der Waals surface area contributed by atoms with E-state index in [0.717, 1.165) is 62.8 Å². The highest BCUT2D eigenvalue weighted by atomic mass is 19.5. The van der Waals surface area contributed by atoms with Crippen LogP contribution in [0.15, 0.2) is 48.6 Å². The summed E-state index contributed by atoms with van der Waals surface area (Å²) >= 11 is 0. The van der Waals surface area contributed by atoms with Gasteiger partial charge in [0.05, 0.1) is 24.5 Å². The fourth-order valence-corrected chi connectivity index (χ4v) is 11.2. The lowest BCUT2D eigenvalue weighted by atomic mass is 9.52. The van der Waals surface area contributed by atoms with Crippen molar-refractivity contribution in [1.29, 1.82) is 0 Å². The van der Waals surface area contributed by atoms with Crippen molar-refractivity contribution in [1.82, 2.24) is 4.90 Å². The molecule has 7 rings (SSSR count). The molecule has 2 N–H and O–H groups in total. The van der Waals surface area contributed by atoms with Crippen LogP contribution in [0.4, 0.5) is 17.3 Å². The standard InChI is InChI=1S/C35H55N2O3.BF4/c1-40-33-34-22-17-13-9-5-2-3-6-10-14-18-23-36-24-21-29-28(26-34)27-37(33)25-19-15-11-7-4-8-12-16-20-30(38)31(39)35(29,37)32(34)36;2-1(3,4)5/h6-8,10-12,16,20,28-33,38-39H,2-5,9,13-15,17-19,21-27H2,1H3;/q+1;-1/b10-6-,11-7-,12-8-,20-16+;/t28-,29+,30-,31+,32-,33+,34-,35+,37?;/m0./s1. The molecule has 5 fully saturated rings. The highest BCUT2D eigenvalue weighted by Crippen LogP contribution is 2.74. The number of hydrogen-bond donors (Lipinski definition) is 2. The SMILES string of the molecule is CO[C@@H]1[C@@]23CCCCCCC/C=C\CCCN4CC[C@@H]5[C@@H](C2)C[N+]12CCC/C=C\C/C=C\C=C\[C@H](O)[C@@H](O)[C@@]52[C@@H]43.F[B-](F)(F)F. The van der Waals surface area contributed by atoms with Gasteiger partial charge in [0.1, 0.15) is 12.2 Å². The average molecular weight is 639 g/mol. The van der Waals surface area contributed by atoms with Crippen molar-refractivity contribution in [2.24, 2.45) is 17.3 Å². The maximum Gasteiger partial charge on any atom is 0.673 e. The van der Waals surface area contributed by atoms with Crippen molar-refractivity contribution in [2.75, 3.05) is 33.3 Å². The van der Waals surface area contributed by atoms with Crippen molar-refractivity contribution in [3.63, 3.8) is 0 Å². The zero-order valence-corrected chi connectivity index (χ0v) is 27.1. The first kappa shape index (κ1) is 34.9. The van der Waals surface area contributed by atoms with E-state index >= 15 is 0 Å². The zero-order chi connectivity index (χ0) is 32.1. The molecular formula is C35H55BF4N2O3. The minimum Gasteiger partial charge on any atom is -0.418 e. The quantitative estimate of drug-likeness (QED) is 0.138. The largest absolute Gasteiger partial charge is 0.673 e. The van der Waals surface area contributed by atoms with Gasteiger partial charge in [-0.15, -0.1) is 0 Å². The number of methoxy groups -OCH3 is 1. The van der Waals surface area contributed by atoms with E-state index < -0.39 is 19.5 Å². The molecule has 1 unspecified atom stereocenters. The normalized spacial score (nSPS) is 45.5. The Balaban J connectivity index is 0.000000743.